The lowest BCUT2D eigenvalue weighted by atomic mass is 10.2. The Labute approximate surface area is 120 Å². The van der Waals surface area contributed by atoms with E-state index < -0.39 is 0 Å². The van der Waals surface area contributed by atoms with Crippen molar-refractivity contribution in [1.29, 1.82) is 0 Å². The third kappa shape index (κ3) is 2.30. The Morgan fingerprint density at radius 2 is 2.00 bits per heavy atom. The average molecular weight is 287 g/mol. The van der Waals surface area contributed by atoms with E-state index in [1.54, 1.807) is 18.9 Å². The van der Waals surface area contributed by atoms with Crippen LogP contribution < -0.4 is 10.1 Å². The number of hydrogen-bond donors (Lipinski definition) is 1. The molecule has 1 heterocycles. The number of benzene rings is 2. The fourth-order valence-corrected chi connectivity index (χ4v) is 2.86. The minimum absolute atomic E-state index is 0.736. The van der Waals surface area contributed by atoms with E-state index in [1.165, 1.54) is 0 Å². The van der Waals surface area contributed by atoms with Crippen LogP contribution in [0, 0.1) is 0 Å². The second-order valence-electron chi connectivity index (χ2n) is 4.10. The van der Waals surface area contributed by atoms with Crippen LogP contribution in [0.1, 0.15) is 0 Å². The van der Waals surface area contributed by atoms with Crippen molar-refractivity contribution in [2.24, 2.45) is 0 Å². The van der Waals surface area contributed by atoms with Crippen LogP contribution in [0.3, 0.4) is 0 Å². The molecule has 102 valence electrons. The first kappa shape index (κ1) is 12.8. The van der Waals surface area contributed by atoms with Crippen LogP contribution >= 0.6 is 11.8 Å². The van der Waals surface area contributed by atoms with Crippen molar-refractivity contribution in [3.8, 4) is 5.75 Å². The van der Waals surface area contributed by atoms with E-state index in [2.05, 4.69) is 15.6 Å². The number of methoxy groups -OCH3 is 1. The van der Waals surface area contributed by atoms with E-state index in [1.807, 2.05) is 43.4 Å². The van der Waals surface area contributed by atoms with Crippen LogP contribution in [0.15, 0.2) is 50.8 Å². The molecule has 1 aromatic heterocycles. The summed E-state index contributed by atoms with van der Waals surface area (Å²) in [5.74, 6) is 0.830. The molecule has 0 amide bonds. The highest BCUT2D eigenvalue weighted by Crippen LogP contribution is 2.35. The molecule has 0 aliphatic rings. The van der Waals surface area contributed by atoms with Crippen molar-refractivity contribution in [3.63, 3.8) is 0 Å². The second-order valence-corrected chi connectivity index (χ2v) is 5.22. The van der Waals surface area contributed by atoms with E-state index in [9.17, 15) is 0 Å². The van der Waals surface area contributed by atoms with Gasteiger partial charge in [-0.05, 0) is 40.6 Å². The van der Waals surface area contributed by atoms with E-state index in [0.717, 1.165) is 32.3 Å². The quantitative estimate of drug-likeness (QED) is 0.793. The summed E-state index contributed by atoms with van der Waals surface area (Å²) in [4.78, 5) is 2.07. The highest BCUT2D eigenvalue weighted by Gasteiger charge is 2.12. The normalized spacial score (nSPS) is 10.7. The molecule has 0 unspecified atom stereocenters. The summed E-state index contributed by atoms with van der Waals surface area (Å²) in [6, 6.07) is 11.9. The molecule has 0 saturated heterocycles. The van der Waals surface area contributed by atoms with Gasteiger partial charge in [0, 0.05) is 16.8 Å². The van der Waals surface area contributed by atoms with Gasteiger partial charge < -0.3 is 10.1 Å². The Balaban J connectivity index is 2.00. The molecule has 0 bridgehead atoms. The van der Waals surface area contributed by atoms with Gasteiger partial charge in [-0.25, -0.2) is 4.63 Å². The van der Waals surface area contributed by atoms with Gasteiger partial charge in [-0.2, -0.15) is 0 Å². The number of hydrogen-bond acceptors (Lipinski definition) is 6. The first-order valence-corrected chi connectivity index (χ1v) is 6.88. The number of ether oxygens (including phenoxy) is 1. The fourth-order valence-electron chi connectivity index (χ4n) is 1.92. The summed E-state index contributed by atoms with van der Waals surface area (Å²) >= 11 is 1.60. The molecule has 5 nitrogen and oxygen atoms in total. The van der Waals surface area contributed by atoms with Crippen molar-refractivity contribution in [2.75, 3.05) is 19.5 Å². The van der Waals surface area contributed by atoms with Crippen molar-refractivity contribution < 1.29 is 9.37 Å². The standard InChI is InChI=1S/C14H13N3O2S/c1-15-11-6-7-12(14-13(11)16-19-17-14)20-10-5-3-4-9(8-10)18-2/h3-8,15H,1-2H3. The van der Waals surface area contributed by atoms with Crippen LogP contribution in [0.2, 0.25) is 0 Å². The molecular formula is C14H13N3O2S. The Bertz CT molecular complexity index is 742. The summed E-state index contributed by atoms with van der Waals surface area (Å²) in [6.07, 6.45) is 0. The van der Waals surface area contributed by atoms with Crippen LogP contribution in [0.25, 0.3) is 11.0 Å². The summed E-state index contributed by atoms with van der Waals surface area (Å²) in [5, 5.41) is 11.0. The Hall–Kier alpha value is -2.21. The molecule has 0 aliphatic carbocycles. The van der Waals surface area contributed by atoms with E-state index in [0.29, 0.717) is 0 Å². The molecule has 2 aromatic carbocycles. The van der Waals surface area contributed by atoms with Gasteiger partial charge in [-0.1, -0.05) is 17.8 Å². The zero-order chi connectivity index (χ0) is 13.9. The number of aromatic nitrogens is 2. The lowest BCUT2D eigenvalue weighted by molar-refractivity contribution is 0.315. The summed E-state index contributed by atoms with van der Waals surface area (Å²) in [7, 11) is 3.50. The molecule has 0 fully saturated rings. The van der Waals surface area contributed by atoms with Crippen LogP contribution in [0.4, 0.5) is 5.69 Å². The lowest BCUT2D eigenvalue weighted by Gasteiger charge is -2.06. The first-order chi connectivity index (χ1) is 9.81. The molecule has 20 heavy (non-hydrogen) atoms. The molecule has 1 N–H and O–H groups in total. The maximum Gasteiger partial charge on any atom is 0.159 e. The predicted octanol–water partition coefficient (Wildman–Crippen LogP) is 3.42. The molecule has 6 heteroatoms. The number of fused-ring (bicyclic) bond motifs is 1. The zero-order valence-electron chi connectivity index (χ0n) is 11.1. The van der Waals surface area contributed by atoms with Crippen LogP contribution in [-0.2, 0) is 0 Å². The Morgan fingerprint density at radius 3 is 2.80 bits per heavy atom. The highest BCUT2D eigenvalue weighted by molar-refractivity contribution is 7.99. The van der Waals surface area contributed by atoms with Crippen molar-refractivity contribution >= 4 is 28.5 Å². The largest absolute Gasteiger partial charge is 0.497 e. The van der Waals surface area contributed by atoms with Gasteiger partial charge in [-0.3, -0.25) is 0 Å². The van der Waals surface area contributed by atoms with E-state index in [-0.39, 0.29) is 0 Å². The molecule has 3 aromatic rings. The highest BCUT2D eigenvalue weighted by atomic mass is 32.2. The molecule has 0 aliphatic heterocycles. The summed E-state index contributed by atoms with van der Waals surface area (Å²) < 4.78 is 10.1. The molecule has 3 rings (SSSR count). The Kier molecular flexibility index (Phi) is 3.47. The number of nitrogens with zero attached hydrogens (tertiary/aromatic N) is 2. The van der Waals surface area contributed by atoms with E-state index >= 15 is 0 Å². The van der Waals surface area contributed by atoms with Gasteiger partial charge in [-0.15, -0.1) is 0 Å². The summed E-state index contributed by atoms with van der Waals surface area (Å²) in [6.45, 7) is 0. The SMILES string of the molecule is CNc1ccc(Sc2cccc(OC)c2)c2nonc12. The maximum atomic E-state index is 5.23. The first-order valence-electron chi connectivity index (χ1n) is 6.07. The lowest BCUT2D eigenvalue weighted by Crippen LogP contribution is -1.90. The van der Waals surface area contributed by atoms with Crippen molar-refractivity contribution in [2.45, 2.75) is 9.79 Å². The van der Waals surface area contributed by atoms with Crippen LogP contribution in [0.5, 0.6) is 5.75 Å². The monoisotopic (exact) mass is 287 g/mol. The zero-order valence-corrected chi connectivity index (χ0v) is 11.9. The molecular weight excluding hydrogens is 274 g/mol. The maximum absolute atomic E-state index is 5.23. The van der Waals surface area contributed by atoms with Gasteiger partial charge >= 0.3 is 0 Å². The fraction of sp³-hybridized carbons (Fsp3) is 0.143. The Morgan fingerprint density at radius 1 is 1.15 bits per heavy atom. The van der Waals surface area contributed by atoms with Gasteiger partial charge in [0.2, 0.25) is 0 Å². The van der Waals surface area contributed by atoms with Crippen molar-refractivity contribution in [1.82, 2.24) is 10.3 Å². The minimum atomic E-state index is 0.736. The van der Waals surface area contributed by atoms with Gasteiger partial charge in [0.15, 0.2) is 11.0 Å². The molecule has 0 radical (unpaired) electrons. The average Bonchev–Trinajstić information content (AvgIpc) is 2.98. The number of nitrogens with one attached hydrogen (secondary N) is 1. The smallest absolute Gasteiger partial charge is 0.159 e. The van der Waals surface area contributed by atoms with E-state index in [4.69, 9.17) is 9.37 Å². The van der Waals surface area contributed by atoms with Gasteiger partial charge in [0.25, 0.3) is 0 Å². The topological polar surface area (TPSA) is 60.2 Å². The van der Waals surface area contributed by atoms with Gasteiger partial charge in [0.05, 0.1) is 12.8 Å². The summed E-state index contributed by atoms with van der Waals surface area (Å²) in [5.41, 5.74) is 2.39. The van der Waals surface area contributed by atoms with Crippen molar-refractivity contribution in [3.05, 3.63) is 36.4 Å². The third-order valence-electron chi connectivity index (χ3n) is 2.92. The van der Waals surface area contributed by atoms with Crippen LogP contribution in [-0.4, -0.2) is 24.5 Å². The van der Waals surface area contributed by atoms with Gasteiger partial charge in [0.1, 0.15) is 5.75 Å². The number of rotatable bonds is 4. The minimum Gasteiger partial charge on any atom is -0.497 e. The number of anilines is 1. The predicted molar refractivity (Wildman–Crippen MR) is 78.5 cm³/mol. The second kappa shape index (κ2) is 5.42. The molecule has 0 atom stereocenters. The molecule has 0 spiro atoms. The third-order valence-corrected chi connectivity index (χ3v) is 3.96. The molecule has 0 saturated carbocycles.